The molecule has 1 saturated heterocycles. The summed E-state index contributed by atoms with van der Waals surface area (Å²) in [6.07, 6.45) is 0. The Morgan fingerprint density at radius 2 is 1.75 bits per heavy atom. The van der Waals surface area contributed by atoms with Crippen molar-refractivity contribution in [3.63, 3.8) is 0 Å². The van der Waals surface area contributed by atoms with Gasteiger partial charge in [-0.15, -0.1) is 0 Å². The van der Waals surface area contributed by atoms with Crippen LogP contribution in [0.5, 0.6) is 5.75 Å². The zero-order valence-electron chi connectivity index (χ0n) is 12.6. The molecule has 0 spiro atoms. The standard InChI is InChI=1S/C14H21BBrNO3/c1-13(2)14(3,4)20-15(19-13)12(17)10-8-9(18-5)6-7-11(10)16/h6-8,12H,17H2,1-5H3. The van der Waals surface area contributed by atoms with Crippen molar-refractivity contribution in [3.8, 4) is 5.75 Å². The number of halogens is 1. The van der Waals surface area contributed by atoms with Gasteiger partial charge >= 0.3 is 7.12 Å². The molecule has 1 fully saturated rings. The molecule has 20 heavy (non-hydrogen) atoms. The van der Waals surface area contributed by atoms with Gasteiger partial charge in [0.15, 0.2) is 0 Å². The summed E-state index contributed by atoms with van der Waals surface area (Å²) in [6, 6.07) is 5.70. The number of hydrogen-bond acceptors (Lipinski definition) is 4. The number of methoxy groups -OCH3 is 1. The molecule has 0 aliphatic carbocycles. The minimum Gasteiger partial charge on any atom is -0.497 e. The maximum absolute atomic E-state index is 6.33. The predicted molar refractivity (Wildman–Crippen MR) is 83.7 cm³/mol. The number of ether oxygens (including phenoxy) is 1. The summed E-state index contributed by atoms with van der Waals surface area (Å²) in [5.41, 5.74) is 6.46. The van der Waals surface area contributed by atoms with Gasteiger partial charge in [-0.3, -0.25) is 0 Å². The predicted octanol–water partition coefficient (Wildman–Crippen LogP) is 3.09. The van der Waals surface area contributed by atoms with Crippen LogP contribution in [-0.4, -0.2) is 25.4 Å². The van der Waals surface area contributed by atoms with Crippen LogP contribution in [-0.2, 0) is 9.31 Å². The normalized spacial score (nSPS) is 21.9. The van der Waals surface area contributed by atoms with Gasteiger partial charge < -0.3 is 19.8 Å². The van der Waals surface area contributed by atoms with Gasteiger partial charge in [0.25, 0.3) is 0 Å². The summed E-state index contributed by atoms with van der Waals surface area (Å²) in [5.74, 6) is 0.371. The Balaban J connectivity index is 2.27. The summed E-state index contributed by atoms with van der Waals surface area (Å²) in [7, 11) is 1.15. The molecule has 0 aromatic heterocycles. The molecule has 1 aromatic carbocycles. The number of nitrogens with two attached hydrogens (primary N) is 1. The number of hydrogen-bond donors (Lipinski definition) is 1. The second-order valence-corrected chi connectivity index (χ2v) is 6.89. The van der Waals surface area contributed by atoms with E-state index in [1.54, 1.807) is 7.11 Å². The van der Waals surface area contributed by atoms with Crippen LogP contribution >= 0.6 is 15.9 Å². The van der Waals surface area contributed by atoms with Crippen LogP contribution in [0.4, 0.5) is 0 Å². The molecule has 0 amide bonds. The van der Waals surface area contributed by atoms with Crippen LogP contribution in [0.2, 0.25) is 0 Å². The second kappa shape index (κ2) is 5.33. The van der Waals surface area contributed by atoms with Crippen molar-refractivity contribution in [1.29, 1.82) is 0 Å². The van der Waals surface area contributed by atoms with E-state index in [4.69, 9.17) is 19.8 Å². The Morgan fingerprint density at radius 3 is 2.25 bits per heavy atom. The molecule has 2 rings (SSSR count). The minimum atomic E-state index is -0.483. The monoisotopic (exact) mass is 341 g/mol. The molecule has 1 unspecified atom stereocenters. The van der Waals surface area contributed by atoms with Gasteiger partial charge in [0, 0.05) is 4.47 Å². The van der Waals surface area contributed by atoms with Crippen molar-refractivity contribution in [1.82, 2.24) is 0 Å². The Bertz CT molecular complexity index is 491. The Labute approximate surface area is 129 Å². The lowest BCUT2D eigenvalue weighted by molar-refractivity contribution is 0.00578. The Morgan fingerprint density at radius 1 is 1.20 bits per heavy atom. The Hall–Kier alpha value is -0.555. The van der Waals surface area contributed by atoms with E-state index in [1.165, 1.54) is 0 Å². The van der Waals surface area contributed by atoms with Crippen molar-refractivity contribution in [3.05, 3.63) is 28.2 Å². The highest BCUT2D eigenvalue weighted by Gasteiger charge is 2.53. The van der Waals surface area contributed by atoms with E-state index in [1.807, 2.05) is 45.9 Å². The van der Waals surface area contributed by atoms with Crippen molar-refractivity contribution >= 4 is 23.0 Å². The molecule has 0 saturated carbocycles. The fourth-order valence-corrected chi connectivity index (χ4v) is 2.60. The average molecular weight is 342 g/mol. The first-order chi connectivity index (χ1) is 9.18. The third-order valence-corrected chi connectivity index (χ3v) is 4.85. The third-order valence-electron chi connectivity index (χ3n) is 4.13. The summed E-state index contributed by atoms with van der Waals surface area (Å²) >= 11 is 3.52. The number of rotatable bonds is 3. The third kappa shape index (κ3) is 2.75. The molecule has 4 nitrogen and oxygen atoms in total. The first-order valence-corrected chi connectivity index (χ1v) is 7.42. The van der Waals surface area contributed by atoms with E-state index >= 15 is 0 Å². The highest BCUT2D eigenvalue weighted by Crippen LogP contribution is 2.40. The SMILES string of the molecule is COc1ccc(Br)c(C(N)B2OC(C)(C)C(C)(C)O2)c1. The van der Waals surface area contributed by atoms with E-state index < -0.39 is 7.12 Å². The highest BCUT2D eigenvalue weighted by atomic mass is 79.9. The zero-order chi connectivity index (χ0) is 15.1. The maximum atomic E-state index is 6.33. The van der Waals surface area contributed by atoms with Gasteiger partial charge in [-0.05, 0) is 51.5 Å². The first kappa shape index (κ1) is 15.8. The molecular weight excluding hydrogens is 321 g/mol. The van der Waals surface area contributed by atoms with Crippen LogP contribution in [0.15, 0.2) is 22.7 Å². The minimum absolute atomic E-state index is 0.388. The lowest BCUT2D eigenvalue weighted by Gasteiger charge is -2.32. The molecule has 1 aliphatic rings. The molecule has 1 atom stereocenters. The zero-order valence-corrected chi connectivity index (χ0v) is 14.2. The van der Waals surface area contributed by atoms with Gasteiger partial charge in [0.2, 0.25) is 0 Å². The lowest BCUT2D eigenvalue weighted by atomic mass is 9.75. The van der Waals surface area contributed by atoms with Crippen molar-refractivity contribution in [2.45, 2.75) is 44.8 Å². The van der Waals surface area contributed by atoms with Crippen LogP contribution in [0.25, 0.3) is 0 Å². The van der Waals surface area contributed by atoms with Crippen LogP contribution in [0.1, 0.15) is 39.2 Å². The van der Waals surface area contributed by atoms with Gasteiger partial charge in [0.1, 0.15) is 5.75 Å². The topological polar surface area (TPSA) is 53.7 Å². The van der Waals surface area contributed by atoms with Gasteiger partial charge in [-0.2, -0.15) is 0 Å². The smallest absolute Gasteiger partial charge is 0.480 e. The van der Waals surface area contributed by atoms with E-state index in [2.05, 4.69) is 15.9 Å². The molecule has 1 aliphatic heterocycles. The molecule has 1 aromatic rings. The van der Waals surface area contributed by atoms with Crippen molar-refractivity contribution < 1.29 is 14.0 Å². The van der Waals surface area contributed by atoms with E-state index in [-0.39, 0.29) is 17.1 Å². The van der Waals surface area contributed by atoms with E-state index in [0.717, 1.165) is 15.8 Å². The Kier molecular flexibility index (Phi) is 4.22. The van der Waals surface area contributed by atoms with Crippen LogP contribution in [0.3, 0.4) is 0 Å². The van der Waals surface area contributed by atoms with Gasteiger partial charge in [-0.25, -0.2) is 0 Å². The molecule has 2 N–H and O–H groups in total. The van der Waals surface area contributed by atoms with Gasteiger partial charge in [-0.1, -0.05) is 15.9 Å². The molecule has 0 bridgehead atoms. The van der Waals surface area contributed by atoms with Crippen molar-refractivity contribution in [2.75, 3.05) is 7.11 Å². The van der Waals surface area contributed by atoms with Crippen molar-refractivity contribution in [2.24, 2.45) is 5.73 Å². The van der Waals surface area contributed by atoms with E-state index in [0.29, 0.717) is 0 Å². The summed E-state index contributed by atoms with van der Waals surface area (Å²) in [5, 5.41) is 0. The van der Waals surface area contributed by atoms with Crippen LogP contribution in [0, 0.1) is 0 Å². The maximum Gasteiger partial charge on any atom is 0.480 e. The molecule has 0 radical (unpaired) electrons. The largest absolute Gasteiger partial charge is 0.497 e. The molecular formula is C14H21BBrNO3. The van der Waals surface area contributed by atoms with E-state index in [9.17, 15) is 0 Å². The molecule has 110 valence electrons. The molecule has 1 heterocycles. The highest BCUT2D eigenvalue weighted by molar-refractivity contribution is 9.10. The second-order valence-electron chi connectivity index (χ2n) is 6.04. The van der Waals surface area contributed by atoms with Gasteiger partial charge in [0.05, 0.1) is 24.3 Å². The summed E-state index contributed by atoms with van der Waals surface area (Å²) in [4.78, 5) is 0. The summed E-state index contributed by atoms with van der Waals surface area (Å²) in [6.45, 7) is 8.06. The molecule has 6 heteroatoms. The lowest BCUT2D eigenvalue weighted by Crippen LogP contribution is -2.41. The quantitative estimate of drug-likeness (QED) is 0.858. The fourth-order valence-electron chi connectivity index (χ4n) is 2.09. The first-order valence-electron chi connectivity index (χ1n) is 6.62. The fraction of sp³-hybridized carbons (Fsp3) is 0.571. The summed E-state index contributed by atoms with van der Waals surface area (Å²) < 4.78 is 18.2. The average Bonchev–Trinajstić information content (AvgIpc) is 2.58. The number of benzene rings is 1. The van der Waals surface area contributed by atoms with Crippen LogP contribution < -0.4 is 10.5 Å².